The van der Waals surface area contributed by atoms with Gasteiger partial charge in [0.25, 0.3) is 0 Å². The standard InChI is InChI=1S/C28H19ClF6N4O/c29-22-6-1-2-7-25(22)37-27(40)36-18-8-10-19(11-9-18)39-26-16(4-3-5-21(26)28(33,34)35)14-38(39)15-20-23(31)12-17(30)13-24(20)32/h1-13H,14-15H2,(H2,36,37,40). The second-order valence-electron chi connectivity index (χ2n) is 8.90. The molecule has 1 heterocycles. The third-order valence-corrected chi connectivity index (χ3v) is 6.54. The van der Waals surface area contributed by atoms with E-state index in [2.05, 4.69) is 10.6 Å². The molecule has 4 aromatic carbocycles. The van der Waals surface area contributed by atoms with Gasteiger partial charge in [-0.25, -0.2) is 23.0 Å². The van der Waals surface area contributed by atoms with Crippen molar-refractivity contribution < 1.29 is 31.1 Å². The van der Waals surface area contributed by atoms with Gasteiger partial charge < -0.3 is 10.6 Å². The van der Waals surface area contributed by atoms with Crippen LogP contribution in [0.25, 0.3) is 0 Å². The molecule has 2 N–H and O–H groups in total. The highest BCUT2D eigenvalue weighted by molar-refractivity contribution is 6.33. The van der Waals surface area contributed by atoms with Crippen LogP contribution in [0.15, 0.2) is 78.9 Å². The Hall–Kier alpha value is -4.22. The molecule has 40 heavy (non-hydrogen) atoms. The summed E-state index contributed by atoms with van der Waals surface area (Å²) in [6, 6.07) is 16.5. The monoisotopic (exact) mass is 576 g/mol. The molecule has 0 aromatic heterocycles. The second-order valence-corrected chi connectivity index (χ2v) is 9.31. The molecule has 5 rings (SSSR count). The number of hydrazine groups is 1. The quantitative estimate of drug-likeness (QED) is 0.234. The lowest BCUT2D eigenvalue weighted by Crippen LogP contribution is -2.34. The Balaban J connectivity index is 1.46. The number of benzene rings is 4. The highest BCUT2D eigenvalue weighted by Crippen LogP contribution is 2.46. The van der Waals surface area contributed by atoms with Gasteiger partial charge in [0.05, 0.1) is 27.6 Å². The zero-order valence-electron chi connectivity index (χ0n) is 20.4. The predicted molar refractivity (Wildman–Crippen MR) is 140 cm³/mol. The molecule has 0 fully saturated rings. The summed E-state index contributed by atoms with van der Waals surface area (Å²) in [5.74, 6) is -3.43. The maximum absolute atomic E-state index is 14.5. The fourth-order valence-corrected chi connectivity index (χ4v) is 4.65. The normalized spacial score (nSPS) is 13.3. The van der Waals surface area contributed by atoms with Crippen LogP contribution in [-0.2, 0) is 19.3 Å². The van der Waals surface area contributed by atoms with Crippen LogP contribution in [0.2, 0.25) is 5.02 Å². The Morgan fingerprint density at radius 3 is 2.20 bits per heavy atom. The predicted octanol–water partition coefficient (Wildman–Crippen LogP) is 8.49. The summed E-state index contributed by atoms with van der Waals surface area (Å²) in [7, 11) is 0. The number of nitrogens with one attached hydrogen (secondary N) is 2. The smallest absolute Gasteiger partial charge is 0.308 e. The number of fused-ring (bicyclic) bond motifs is 1. The van der Waals surface area contributed by atoms with Gasteiger partial charge in [0.15, 0.2) is 0 Å². The molecule has 5 nitrogen and oxygen atoms in total. The van der Waals surface area contributed by atoms with E-state index in [-0.39, 0.29) is 23.5 Å². The summed E-state index contributed by atoms with van der Waals surface area (Å²) in [6.45, 7) is -0.583. The second kappa shape index (κ2) is 10.7. The summed E-state index contributed by atoms with van der Waals surface area (Å²) >= 11 is 6.05. The number of carbonyl (C=O) groups excluding carboxylic acids is 1. The first-order valence-corrected chi connectivity index (χ1v) is 12.2. The Kier molecular flexibility index (Phi) is 7.35. The minimum absolute atomic E-state index is 0.101. The number of para-hydroxylation sites is 2. The van der Waals surface area contributed by atoms with E-state index in [9.17, 15) is 31.1 Å². The zero-order valence-corrected chi connectivity index (χ0v) is 21.1. The van der Waals surface area contributed by atoms with E-state index in [0.717, 1.165) is 6.07 Å². The van der Waals surface area contributed by atoms with E-state index in [1.165, 1.54) is 46.4 Å². The topological polar surface area (TPSA) is 47.6 Å². The number of urea groups is 1. The number of rotatable bonds is 5. The van der Waals surface area contributed by atoms with E-state index in [4.69, 9.17) is 11.6 Å². The first kappa shape index (κ1) is 27.4. The third kappa shape index (κ3) is 5.56. The van der Waals surface area contributed by atoms with Gasteiger partial charge in [-0.3, -0.25) is 5.01 Å². The lowest BCUT2D eigenvalue weighted by Gasteiger charge is -2.32. The number of hydrogen-bond donors (Lipinski definition) is 2. The Morgan fingerprint density at radius 1 is 0.875 bits per heavy atom. The fraction of sp³-hybridized carbons (Fsp3) is 0.107. The van der Waals surface area contributed by atoms with Gasteiger partial charge in [-0.15, -0.1) is 0 Å². The van der Waals surface area contributed by atoms with Crippen molar-refractivity contribution in [2.45, 2.75) is 19.3 Å². The van der Waals surface area contributed by atoms with E-state index in [1.54, 1.807) is 24.3 Å². The van der Waals surface area contributed by atoms with Crippen LogP contribution < -0.4 is 15.6 Å². The highest BCUT2D eigenvalue weighted by Gasteiger charge is 2.41. The van der Waals surface area contributed by atoms with Crippen molar-refractivity contribution in [1.29, 1.82) is 0 Å². The van der Waals surface area contributed by atoms with Crippen molar-refractivity contribution in [3.63, 3.8) is 0 Å². The van der Waals surface area contributed by atoms with Crippen molar-refractivity contribution in [2.75, 3.05) is 15.6 Å². The van der Waals surface area contributed by atoms with Crippen LogP contribution in [-0.4, -0.2) is 11.0 Å². The van der Waals surface area contributed by atoms with Gasteiger partial charge in [-0.2, -0.15) is 13.2 Å². The van der Waals surface area contributed by atoms with Gasteiger partial charge in [-0.05, 0) is 48.0 Å². The van der Waals surface area contributed by atoms with Crippen LogP contribution in [0.1, 0.15) is 16.7 Å². The highest BCUT2D eigenvalue weighted by atomic mass is 35.5. The minimum Gasteiger partial charge on any atom is -0.308 e. The molecular weight excluding hydrogens is 558 g/mol. The van der Waals surface area contributed by atoms with Gasteiger partial charge in [-0.1, -0.05) is 35.9 Å². The molecular formula is C28H19ClF6N4O. The Labute approximate surface area is 229 Å². The molecule has 1 aliphatic rings. The molecule has 0 saturated carbocycles. The average Bonchev–Trinajstić information content (AvgIpc) is 3.25. The number of alkyl halides is 3. The maximum Gasteiger partial charge on any atom is 0.418 e. The number of anilines is 4. The molecule has 0 atom stereocenters. The van der Waals surface area contributed by atoms with Crippen LogP contribution in [0.5, 0.6) is 0 Å². The Bertz CT molecular complexity index is 1560. The number of halogens is 7. The summed E-state index contributed by atoms with van der Waals surface area (Å²) < 4.78 is 84.4. The van der Waals surface area contributed by atoms with Crippen LogP contribution in [0.4, 0.5) is 53.9 Å². The fourth-order valence-electron chi connectivity index (χ4n) is 4.46. The summed E-state index contributed by atoms with van der Waals surface area (Å²) in [4.78, 5) is 12.4. The van der Waals surface area contributed by atoms with Gasteiger partial charge in [0.2, 0.25) is 0 Å². The van der Waals surface area contributed by atoms with Crippen LogP contribution in [0, 0.1) is 17.5 Å². The first-order valence-electron chi connectivity index (χ1n) is 11.8. The van der Waals surface area contributed by atoms with Gasteiger partial charge >= 0.3 is 12.2 Å². The Morgan fingerprint density at radius 2 is 1.55 bits per heavy atom. The van der Waals surface area contributed by atoms with Crippen molar-refractivity contribution in [3.05, 3.63) is 118 Å². The van der Waals surface area contributed by atoms with Gasteiger partial charge in [0, 0.05) is 36.5 Å². The molecule has 1 aliphatic heterocycles. The SMILES string of the molecule is O=C(Nc1ccc(N2c3c(cccc3C(F)(F)F)CN2Cc2c(F)cc(F)cc2F)cc1)Nc1ccccc1Cl. The van der Waals surface area contributed by atoms with Gasteiger partial charge in [0.1, 0.15) is 17.5 Å². The minimum atomic E-state index is -4.72. The summed E-state index contributed by atoms with van der Waals surface area (Å²) in [6.07, 6.45) is -4.72. The van der Waals surface area contributed by atoms with Crippen molar-refractivity contribution in [2.24, 2.45) is 0 Å². The number of nitrogens with zero attached hydrogens (tertiary/aromatic N) is 2. The molecule has 0 unspecified atom stereocenters. The van der Waals surface area contributed by atoms with E-state index in [0.29, 0.717) is 28.5 Å². The lowest BCUT2D eigenvalue weighted by atomic mass is 10.1. The van der Waals surface area contributed by atoms with Crippen LogP contribution in [0.3, 0.4) is 0 Å². The molecule has 206 valence electrons. The molecule has 2 amide bonds. The van der Waals surface area contributed by atoms with E-state index < -0.39 is 47.3 Å². The molecule has 4 aromatic rings. The van der Waals surface area contributed by atoms with Crippen molar-refractivity contribution in [1.82, 2.24) is 5.01 Å². The average molecular weight is 577 g/mol. The summed E-state index contributed by atoms with van der Waals surface area (Å²) in [5.41, 5.74) is -0.428. The third-order valence-electron chi connectivity index (χ3n) is 6.21. The largest absolute Gasteiger partial charge is 0.418 e. The van der Waals surface area contributed by atoms with Crippen molar-refractivity contribution >= 4 is 40.4 Å². The van der Waals surface area contributed by atoms with Crippen molar-refractivity contribution in [3.8, 4) is 0 Å². The lowest BCUT2D eigenvalue weighted by molar-refractivity contribution is -0.137. The van der Waals surface area contributed by atoms with E-state index in [1.807, 2.05) is 0 Å². The number of carbonyl (C=O) groups is 1. The first-order chi connectivity index (χ1) is 19.0. The molecule has 0 aliphatic carbocycles. The van der Waals surface area contributed by atoms with E-state index >= 15 is 0 Å². The molecule has 0 spiro atoms. The zero-order chi connectivity index (χ0) is 28.6. The summed E-state index contributed by atoms with van der Waals surface area (Å²) in [5, 5.41) is 8.07. The molecule has 0 bridgehead atoms. The molecule has 0 radical (unpaired) electrons. The molecule has 12 heteroatoms. The molecule has 0 saturated heterocycles. The maximum atomic E-state index is 14.5. The number of amides is 2. The number of hydrogen-bond acceptors (Lipinski definition) is 3. The van der Waals surface area contributed by atoms with Crippen LogP contribution >= 0.6 is 11.6 Å².